The fourth-order valence-corrected chi connectivity index (χ4v) is 2.39. The molecule has 0 saturated heterocycles. The number of carbonyl (C=O) groups is 2. The van der Waals surface area contributed by atoms with Crippen molar-refractivity contribution in [2.24, 2.45) is 0 Å². The second-order valence-electron chi connectivity index (χ2n) is 3.59. The maximum absolute atomic E-state index is 11.9. The Bertz CT molecular complexity index is 636. The van der Waals surface area contributed by atoms with Gasteiger partial charge in [-0.05, 0) is 36.0 Å². The first-order valence-electron chi connectivity index (χ1n) is 5.10. The molecule has 0 aliphatic carbocycles. The number of rotatable bonds is 3. The zero-order chi connectivity index (χ0) is 14.0. The molecule has 0 atom stereocenters. The number of amides is 1. The molecule has 1 amide bonds. The van der Waals surface area contributed by atoms with Crippen LogP contribution in [0.3, 0.4) is 0 Å². The summed E-state index contributed by atoms with van der Waals surface area (Å²) in [6.07, 6.45) is 0. The molecule has 0 saturated carbocycles. The summed E-state index contributed by atoms with van der Waals surface area (Å²) in [4.78, 5) is 30.5. The second-order valence-corrected chi connectivity index (χ2v) is 4.84. The number of carboxylic acids is 1. The molecular weight excluding hydrogens is 290 g/mol. The molecule has 2 aromatic heterocycles. The van der Waals surface area contributed by atoms with Crippen LogP contribution in [0.4, 0.5) is 5.00 Å². The maximum Gasteiger partial charge on any atom is 0.338 e. The number of aromatic carboxylic acids is 1. The number of carboxylic acid groups (broad SMARTS) is 1. The Labute approximate surface area is 117 Å². The SMILES string of the molecule is Cc1cc(C(=O)Nc2sccc2C(=O)O)nc(Cl)n1. The van der Waals surface area contributed by atoms with Gasteiger partial charge in [0.2, 0.25) is 5.28 Å². The summed E-state index contributed by atoms with van der Waals surface area (Å²) >= 11 is 6.78. The molecule has 8 heteroatoms. The fraction of sp³-hybridized carbons (Fsp3) is 0.0909. The Morgan fingerprint density at radius 1 is 1.42 bits per heavy atom. The first-order chi connectivity index (χ1) is 8.97. The summed E-state index contributed by atoms with van der Waals surface area (Å²) in [5.74, 6) is -1.63. The van der Waals surface area contributed by atoms with Gasteiger partial charge in [0.25, 0.3) is 5.91 Å². The highest BCUT2D eigenvalue weighted by atomic mass is 35.5. The van der Waals surface area contributed by atoms with E-state index >= 15 is 0 Å². The van der Waals surface area contributed by atoms with Crippen LogP contribution in [0.25, 0.3) is 0 Å². The van der Waals surface area contributed by atoms with Crippen molar-refractivity contribution in [1.82, 2.24) is 9.97 Å². The number of nitrogens with one attached hydrogen (secondary N) is 1. The summed E-state index contributed by atoms with van der Waals surface area (Å²) < 4.78 is 0. The first-order valence-corrected chi connectivity index (χ1v) is 6.36. The van der Waals surface area contributed by atoms with Crippen molar-refractivity contribution in [2.45, 2.75) is 6.92 Å². The van der Waals surface area contributed by atoms with Crippen molar-refractivity contribution >= 4 is 39.8 Å². The molecule has 2 rings (SSSR count). The van der Waals surface area contributed by atoms with Crippen LogP contribution < -0.4 is 5.32 Å². The molecule has 19 heavy (non-hydrogen) atoms. The van der Waals surface area contributed by atoms with Gasteiger partial charge >= 0.3 is 5.97 Å². The van der Waals surface area contributed by atoms with Crippen molar-refractivity contribution < 1.29 is 14.7 Å². The maximum atomic E-state index is 11.9. The average Bonchev–Trinajstić information content (AvgIpc) is 2.75. The predicted octanol–water partition coefficient (Wildman–Crippen LogP) is 2.45. The van der Waals surface area contributed by atoms with Crippen molar-refractivity contribution in [3.05, 3.63) is 39.7 Å². The molecule has 0 aliphatic heterocycles. The smallest absolute Gasteiger partial charge is 0.338 e. The predicted molar refractivity (Wildman–Crippen MR) is 71.0 cm³/mol. The van der Waals surface area contributed by atoms with Crippen LogP contribution in [0.1, 0.15) is 26.5 Å². The molecule has 0 radical (unpaired) electrons. The van der Waals surface area contributed by atoms with Gasteiger partial charge in [-0.2, -0.15) is 0 Å². The highest BCUT2D eigenvalue weighted by molar-refractivity contribution is 7.14. The number of aromatic nitrogens is 2. The molecule has 0 unspecified atom stereocenters. The van der Waals surface area contributed by atoms with E-state index in [0.29, 0.717) is 5.69 Å². The third kappa shape index (κ3) is 3.07. The van der Waals surface area contributed by atoms with E-state index < -0.39 is 11.9 Å². The van der Waals surface area contributed by atoms with Crippen LogP contribution in [-0.4, -0.2) is 27.0 Å². The number of carbonyl (C=O) groups excluding carboxylic acids is 1. The highest BCUT2D eigenvalue weighted by Crippen LogP contribution is 2.23. The van der Waals surface area contributed by atoms with Gasteiger partial charge in [0, 0.05) is 5.69 Å². The second kappa shape index (κ2) is 5.33. The van der Waals surface area contributed by atoms with Gasteiger partial charge in [0.1, 0.15) is 10.7 Å². The third-order valence-electron chi connectivity index (χ3n) is 2.18. The van der Waals surface area contributed by atoms with Gasteiger partial charge in [0.15, 0.2) is 0 Å². The molecule has 0 fully saturated rings. The first kappa shape index (κ1) is 13.4. The van der Waals surface area contributed by atoms with Crippen LogP contribution in [-0.2, 0) is 0 Å². The molecule has 0 spiro atoms. The molecule has 0 aromatic carbocycles. The number of nitrogens with zero attached hydrogens (tertiary/aromatic N) is 2. The van der Waals surface area contributed by atoms with Gasteiger partial charge < -0.3 is 10.4 Å². The molecule has 2 heterocycles. The zero-order valence-electron chi connectivity index (χ0n) is 9.68. The number of hydrogen-bond donors (Lipinski definition) is 2. The summed E-state index contributed by atoms with van der Waals surface area (Å²) in [7, 11) is 0. The normalized spacial score (nSPS) is 10.2. The van der Waals surface area contributed by atoms with Crippen molar-refractivity contribution in [2.75, 3.05) is 5.32 Å². The van der Waals surface area contributed by atoms with Crippen molar-refractivity contribution in [3.8, 4) is 0 Å². The minimum Gasteiger partial charge on any atom is -0.478 e. The van der Waals surface area contributed by atoms with E-state index in [1.165, 1.54) is 12.1 Å². The van der Waals surface area contributed by atoms with Crippen LogP contribution in [0, 0.1) is 6.92 Å². The Morgan fingerprint density at radius 2 is 2.16 bits per heavy atom. The van der Waals surface area contributed by atoms with E-state index in [1.54, 1.807) is 12.3 Å². The van der Waals surface area contributed by atoms with Crippen LogP contribution in [0.15, 0.2) is 17.5 Å². The van der Waals surface area contributed by atoms with Crippen molar-refractivity contribution in [3.63, 3.8) is 0 Å². The number of anilines is 1. The van der Waals surface area contributed by atoms with E-state index in [2.05, 4.69) is 15.3 Å². The average molecular weight is 298 g/mol. The Hall–Kier alpha value is -1.99. The molecule has 6 nitrogen and oxygen atoms in total. The van der Waals surface area contributed by atoms with Crippen LogP contribution >= 0.6 is 22.9 Å². The Kier molecular flexibility index (Phi) is 3.77. The van der Waals surface area contributed by atoms with Gasteiger partial charge in [-0.3, -0.25) is 4.79 Å². The summed E-state index contributed by atoms with van der Waals surface area (Å²) in [6, 6.07) is 2.88. The summed E-state index contributed by atoms with van der Waals surface area (Å²) in [5, 5.41) is 13.2. The summed E-state index contributed by atoms with van der Waals surface area (Å²) in [6.45, 7) is 1.68. The fourth-order valence-electron chi connectivity index (χ4n) is 1.39. The van der Waals surface area contributed by atoms with Crippen LogP contribution in [0.5, 0.6) is 0 Å². The van der Waals surface area contributed by atoms with E-state index in [4.69, 9.17) is 16.7 Å². The molecular formula is C11H8ClN3O3S. The lowest BCUT2D eigenvalue weighted by molar-refractivity contribution is 0.0698. The molecule has 0 aliphatic rings. The molecule has 0 bridgehead atoms. The lowest BCUT2D eigenvalue weighted by atomic mass is 10.3. The number of aryl methyl sites for hydroxylation is 1. The quantitative estimate of drug-likeness (QED) is 0.849. The largest absolute Gasteiger partial charge is 0.478 e. The molecule has 98 valence electrons. The van der Waals surface area contributed by atoms with Gasteiger partial charge in [-0.25, -0.2) is 14.8 Å². The van der Waals surface area contributed by atoms with E-state index in [1.807, 2.05) is 0 Å². The van der Waals surface area contributed by atoms with E-state index in [9.17, 15) is 9.59 Å². The molecule has 2 N–H and O–H groups in total. The zero-order valence-corrected chi connectivity index (χ0v) is 11.2. The lowest BCUT2D eigenvalue weighted by Crippen LogP contribution is -2.15. The lowest BCUT2D eigenvalue weighted by Gasteiger charge is -2.04. The van der Waals surface area contributed by atoms with Gasteiger partial charge in [0.05, 0.1) is 5.56 Å². The van der Waals surface area contributed by atoms with E-state index in [0.717, 1.165) is 11.3 Å². The minimum absolute atomic E-state index is 0.0326. The monoisotopic (exact) mass is 297 g/mol. The summed E-state index contributed by atoms with van der Waals surface area (Å²) in [5.41, 5.74) is 0.673. The van der Waals surface area contributed by atoms with Crippen molar-refractivity contribution in [1.29, 1.82) is 0 Å². The minimum atomic E-state index is -1.10. The Balaban J connectivity index is 2.25. The highest BCUT2D eigenvalue weighted by Gasteiger charge is 2.16. The van der Waals surface area contributed by atoms with Gasteiger partial charge in [-0.1, -0.05) is 0 Å². The van der Waals surface area contributed by atoms with Crippen LogP contribution in [0.2, 0.25) is 5.28 Å². The standard InChI is InChI=1S/C11H8ClN3O3S/c1-5-4-7(14-11(12)13-5)8(16)15-9-6(10(17)18)2-3-19-9/h2-4H,1H3,(H,15,16)(H,17,18). The molecule has 2 aromatic rings. The third-order valence-corrected chi connectivity index (χ3v) is 3.18. The number of hydrogen-bond acceptors (Lipinski definition) is 5. The van der Waals surface area contributed by atoms with E-state index in [-0.39, 0.29) is 21.5 Å². The van der Waals surface area contributed by atoms with Gasteiger partial charge in [-0.15, -0.1) is 11.3 Å². The topological polar surface area (TPSA) is 92.2 Å². The number of thiophene rings is 1. The number of halogens is 1. The Morgan fingerprint density at radius 3 is 2.79 bits per heavy atom.